The van der Waals surface area contributed by atoms with E-state index in [1.165, 1.54) is 16.8 Å². The molecule has 3 rings (SSSR count). The number of rotatable bonds is 7. The summed E-state index contributed by atoms with van der Waals surface area (Å²) in [5.41, 5.74) is 1.86. The zero-order valence-corrected chi connectivity index (χ0v) is 15.7. The molecule has 1 unspecified atom stereocenters. The molecule has 0 radical (unpaired) electrons. The van der Waals surface area contributed by atoms with Crippen molar-refractivity contribution in [1.29, 1.82) is 0 Å². The lowest BCUT2D eigenvalue weighted by Gasteiger charge is -2.12. The van der Waals surface area contributed by atoms with Gasteiger partial charge in [0, 0.05) is 31.1 Å². The second-order valence-corrected chi connectivity index (χ2v) is 6.28. The molecular formula is C18H20N6O4. The summed E-state index contributed by atoms with van der Waals surface area (Å²) in [5.74, 6) is -0.199. The number of benzene rings is 1. The number of ether oxygens (including phenoxy) is 1. The molecular weight excluding hydrogens is 364 g/mol. The van der Waals surface area contributed by atoms with Crippen LogP contribution in [-0.2, 0) is 13.8 Å². The van der Waals surface area contributed by atoms with Crippen molar-refractivity contribution in [3.63, 3.8) is 0 Å². The van der Waals surface area contributed by atoms with Gasteiger partial charge in [-0.1, -0.05) is 12.1 Å². The number of nitrogens with zero attached hydrogens (tertiary/aromatic N) is 5. The fourth-order valence-corrected chi connectivity index (χ4v) is 2.81. The Morgan fingerprint density at radius 1 is 1.32 bits per heavy atom. The molecule has 2 aromatic heterocycles. The minimum Gasteiger partial charge on any atom is -0.464 e. The number of nitro benzene ring substituents is 1. The molecule has 28 heavy (non-hydrogen) atoms. The Labute approximate surface area is 160 Å². The number of aryl methyl sites for hydroxylation is 2. The fraction of sp³-hybridized carbons (Fsp3) is 0.278. The van der Waals surface area contributed by atoms with Gasteiger partial charge in [-0.15, -0.1) is 0 Å². The second-order valence-electron chi connectivity index (χ2n) is 6.28. The third-order valence-corrected chi connectivity index (χ3v) is 4.15. The van der Waals surface area contributed by atoms with Crippen molar-refractivity contribution in [1.82, 2.24) is 24.9 Å². The molecule has 0 aliphatic rings. The zero-order chi connectivity index (χ0) is 20.3. The first-order chi connectivity index (χ1) is 13.3. The van der Waals surface area contributed by atoms with E-state index in [0.29, 0.717) is 0 Å². The zero-order valence-electron chi connectivity index (χ0n) is 15.7. The molecule has 3 aromatic rings. The van der Waals surface area contributed by atoms with E-state index in [1.807, 2.05) is 27.1 Å². The molecule has 146 valence electrons. The van der Waals surface area contributed by atoms with Crippen LogP contribution in [0.5, 0.6) is 5.75 Å². The van der Waals surface area contributed by atoms with Gasteiger partial charge >= 0.3 is 5.69 Å². The smallest absolute Gasteiger partial charge is 0.311 e. The molecule has 2 heterocycles. The van der Waals surface area contributed by atoms with Crippen molar-refractivity contribution >= 4 is 11.6 Å². The lowest BCUT2D eigenvalue weighted by atomic mass is 10.1. The third-order valence-electron chi connectivity index (χ3n) is 4.15. The quantitative estimate of drug-likeness (QED) is 0.494. The lowest BCUT2D eigenvalue weighted by Crippen LogP contribution is -2.27. The van der Waals surface area contributed by atoms with Crippen LogP contribution in [0, 0.1) is 17.0 Å². The maximum Gasteiger partial charge on any atom is 0.311 e. The van der Waals surface area contributed by atoms with Crippen molar-refractivity contribution in [3.05, 3.63) is 69.8 Å². The van der Waals surface area contributed by atoms with Gasteiger partial charge < -0.3 is 10.1 Å². The highest BCUT2D eigenvalue weighted by atomic mass is 16.6. The summed E-state index contributed by atoms with van der Waals surface area (Å²) in [6.45, 7) is 3.69. The maximum atomic E-state index is 12.4. The van der Waals surface area contributed by atoms with Gasteiger partial charge in [0.25, 0.3) is 5.91 Å². The predicted molar refractivity (Wildman–Crippen MR) is 99.8 cm³/mol. The SMILES string of the molecule is Cc1nn(C)cc1C(C)NC(=O)c1ccn(COc2ccccc2[N+](=O)[O-])n1. The largest absolute Gasteiger partial charge is 0.464 e. The van der Waals surface area contributed by atoms with E-state index < -0.39 is 4.92 Å². The Hall–Kier alpha value is -3.69. The Morgan fingerprint density at radius 3 is 2.75 bits per heavy atom. The number of amides is 1. The molecule has 0 bridgehead atoms. The average molecular weight is 384 g/mol. The number of nitrogens with one attached hydrogen (secondary N) is 1. The van der Waals surface area contributed by atoms with E-state index >= 15 is 0 Å². The van der Waals surface area contributed by atoms with Gasteiger partial charge in [-0.05, 0) is 26.0 Å². The summed E-state index contributed by atoms with van der Waals surface area (Å²) in [7, 11) is 1.82. The Kier molecular flexibility index (Phi) is 5.39. The van der Waals surface area contributed by atoms with Gasteiger partial charge in [0.2, 0.25) is 0 Å². The molecule has 1 N–H and O–H groups in total. The minimum absolute atomic E-state index is 0.0601. The number of hydrogen-bond donors (Lipinski definition) is 1. The highest BCUT2D eigenvalue weighted by molar-refractivity contribution is 5.92. The summed E-state index contributed by atoms with van der Waals surface area (Å²) in [4.78, 5) is 22.9. The van der Waals surface area contributed by atoms with Crippen LogP contribution < -0.4 is 10.1 Å². The molecule has 1 amide bonds. The summed E-state index contributed by atoms with van der Waals surface area (Å²) in [5, 5.41) is 22.3. The molecule has 10 nitrogen and oxygen atoms in total. The molecule has 1 atom stereocenters. The van der Waals surface area contributed by atoms with Gasteiger partial charge in [-0.3, -0.25) is 19.6 Å². The molecule has 0 saturated heterocycles. The van der Waals surface area contributed by atoms with Crippen LogP contribution >= 0.6 is 0 Å². The first-order valence-electron chi connectivity index (χ1n) is 8.56. The van der Waals surface area contributed by atoms with E-state index in [-0.39, 0.29) is 35.8 Å². The number of aromatic nitrogens is 4. The maximum absolute atomic E-state index is 12.4. The molecule has 0 spiro atoms. The van der Waals surface area contributed by atoms with Crippen LogP contribution in [0.15, 0.2) is 42.7 Å². The lowest BCUT2D eigenvalue weighted by molar-refractivity contribution is -0.386. The first-order valence-corrected chi connectivity index (χ1v) is 8.56. The second kappa shape index (κ2) is 7.91. The van der Waals surface area contributed by atoms with Crippen LogP contribution in [0.4, 0.5) is 5.69 Å². The van der Waals surface area contributed by atoms with E-state index in [2.05, 4.69) is 15.5 Å². The topological polar surface area (TPSA) is 117 Å². The van der Waals surface area contributed by atoms with E-state index in [0.717, 1.165) is 11.3 Å². The summed E-state index contributed by atoms with van der Waals surface area (Å²) < 4.78 is 8.55. The van der Waals surface area contributed by atoms with Crippen molar-refractivity contribution in [2.45, 2.75) is 26.6 Å². The number of carbonyl (C=O) groups is 1. The number of carbonyl (C=O) groups excluding carboxylic acids is 1. The normalized spacial score (nSPS) is 11.8. The van der Waals surface area contributed by atoms with Crippen LogP contribution in [-0.4, -0.2) is 30.4 Å². The third kappa shape index (κ3) is 4.17. The van der Waals surface area contributed by atoms with Crippen LogP contribution in [0.25, 0.3) is 0 Å². The Morgan fingerprint density at radius 2 is 2.07 bits per heavy atom. The highest BCUT2D eigenvalue weighted by Crippen LogP contribution is 2.26. The van der Waals surface area contributed by atoms with Crippen molar-refractivity contribution in [2.24, 2.45) is 7.05 Å². The molecule has 0 fully saturated rings. The van der Waals surface area contributed by atoms with Gasteiger partial charge in [0.05, 0.1) is 16.7 Å². The van der Waals surface area contributed by atoms with Crippen molar-refractivity contribution < 1.29 is 14.5 Å². The van der Waals surface area contributed by atoms with Gasteiger partial charge in [-0.2, -0.15) is 10.2 Å². The molecule has 10 heteroatoms. The summed E-state index contributed by atoms with van der Waals surface area (Å²) >= 11 is 0. The van der Waals surface area contributed by atoms with Crippen LogP contribution in [0.1, 0.15) is 34.7 Å². The summed E-state index contributed by atoms with van der Waals surface area (Å²) in [6.07, 6.45) is 3.43. The number of hydrogen-bond acceptors (Lipinski definition) is 6. The van der Waals surface area contributed by atoms with Crippen molar-refractivity contribution in [2.75, 3.05) is 0 Å². The highest BCUT2D eigenvalue weighted by Gasteiger charge is 2.18. The van der Waals surface area contributed by atoms with Gasteiger partial charge in [0.1, 0.15) is 5.69 Å². The molecule has 1 aromatic carbocycles. The van der Waals surface area contributed by atoms with E-state index in [4.69, 9.17) is 4.74 Å². The summed E-state index contributed by atoms with van der Waals surface area (Å²) in [6, 6.07) is 7.40. The average Bonchev–Trinajstić information content (AvgIpc) is 3.26. The number of nitro groups is 1. The van der Waals surface area contributed by atoms with E-state index in [1.54, 1.807) is 29.1 Å². The molecule has 0 aliphatic carbocycles. The monoisotopic (exact) mass is 384 g/mol. The van der Waals surface area contributed by atoms with Crippen molar-refractivity contribution in [3.8, 4) is 5.75 Å². The van der Waals surface area contributed by atoms with Gasteiger partial charge in [-0.25, -0.2) is 4.68 Å². The molecule has 0 aliphatic heterocycles. The predicted octanol–water partition coefficient (Wildman–Crippen LogP) is 2.36. The van der Waals surface area contributed by atoms with Gasteiger partial charge in [0.15, 0.2) is 12.5 Å². The fourth-order valence-electron chi connectivity index (χ4n) is 2.81. The van der Waals surface area contributed by atoms with Crippen LogP contribution in [0.2, 0.25) is 0 Å². The molecule has 0 saturated carbocycles. The van der Waals surface area contributed by atoms with E-state index in [9.17, 15) is 14.9 Å². The Bertz CT molecular complexity index is 1010. The standard InChI is InChI=1S/C18H20N6O4/c1-12(14-10-22(3)20-13(14)2)19-18(25)15-8-9-23(21-15)11-28-17-7-5-4-6-16(17)24(26)27/h4-10,12H,11H2,1-3H3,(H,19,25). The number of para-hydroxylation sites is 2. The first kappa shape index (κ1) is 19.1. The Balaban J connectivity index is 1.63. The van der Waals surface area contributed by atoms with Crippen LogP contribution in [0.3, 0.4) is 0 Å². The minimum atomic E-state index is -0.515.